The van der Waals surface area contributed by atoms with E-state index in [1.165, 1.54) is 7.11 Å². The third-order valence-corrected chi connectivity index (χ3v) is 4.43. The van der Waals surface area contributed by atoms with E-state index in [1.807, 2.05) is 59.3 Å². The fraction of sp³-hybridized carbons (Fsp3) is 0.0909. The number of hydrogen-bond donors (Lipinski definition) is 1. The number of pyridine rings is 1. The molecule has 4 rings (SSSR count). The first kappa shape index (κ1) is 17.6. The maximum atomic E-state index is 12.6. The molecule has 0 aliphatic heterocycles. The minimum absolute atomic E-state index is 0.229. The lowest BCUT2D eigenvalue weighted by molar-refractivity contribution is 0.102. The first-order chi connectivity index (χ1) is 13.7. The van der Waals surface area contributed by atoms with Crippen LogP contribution in [0.2, 0.25) is 0 Å². The van der Waals surface area contributed by atoms with E-state index in [-0.39, 0.29) is 5.91 Å². The van der Waals surface area contributed by atoms with Crippen molar-refractivity contribution in [2.75, 3.05) is 19.5 Å². The van der Waals surface area contributed by atoms with Gasteiger partial charge in [0.2, 0.25) is 0 Å². The molecule has 140 valence electrons. The van der Waals surface area contributed by atoms with Crippen molar-refractivity contribution in [1.82, 2.24) is 9.38 Å². The fourth-order valence-electron chi connectivity index (χ4n) is 3.01. The Morgan fingerprint density at radius 2 is 1.82 bits per heavy atom. The van der Waals surface area contributed by atoms with E-state index in [9.17, 15) is 4.79 Å². The van der Waals surface area contributed by atoms with Crippen LogP contribution >= 0.6 is 0 Å². The Hall–Kier alpha value is -3.80. The Kier molecular flexibility index (Phi) is 4.68. The zero-order valence-corrected chi connectivity index (χ0v) is 15.5. The average Bonchev–Trinajstić information content (AvgIpc) is 3.17. The molecule has 0 atom stereocenters. The molecule has 1 N–H and O–H groups in total. The molecule has 4 aromatic rings. The molecule has 0 aliphatic rings. The smallest absolute Gasteiger partial charge is 0.255 e. The second-order valence-corrected chi connectivity index (χ2v) is 6.20. The van der Waals surface area contributed by atoms with Gasteiger partial charge in [0.25, 0.3) is 5.91 Å². The lowest BCUT2D eigenvalue weighted by Gasteiger charge is -2.10. The van der Waals surface area contributed by atoms with Gasteiger partial charge >= 0.3 is 0 Å². The van der Waals surface area contributed by atoms with E-state index >= 15 is 0 Å². The highest BCUT2D eigenvalue weighted by atomic mass is 16.5. The molecular formula is C22H19N3O3. The number of aromatic nitrogens is 2. The normalized spacial score (nSPS) is 10.6. The number of hydrogen-bond acceptors (Lipinski definition) is 4. The molecule has 2 aromatic heterocycles. The summed E-state index contributed by atoms with van der Waals surface area (Å²) < 4.78 is 12.4. The number of ether oxygens (including phenoxy) is 2. The summed E-state index contributed by atoms with van der Waals surface area (Å²) in [7, 11) is 3.10. The van der Waals surface area contributed by atoms with Crippen LogP contribution in [0.25, 0.3) is 16.9 Å². The third kappa shape index (κ3) is 3.40. The number of nitrogens with zero attached hydrogens (tertiary/aromatic N) is 2. The Bertz CT molecular complexity index is 1120. The summed E-state index contributed by atoms with van der Waals surface area (Å²) in [5, 5.41) is 2.92. The molecule has 0 saturated heterocycles. The van der Waals surface area contributed by atoms with Crippen LogP contribution in [0.3, 0.4) is 0 Å². The van der Waals surface area contributed by atoms with Crippen molar-refractivity contribution < 1.29 is 14.3 Å². The highest BCUT2D eigenvalue weighted by Gasteiger charge is 2.12. The highest BCUT2D eigenvalue weighted by Crippen LogP contribution is 2.28. The maximum absolute atomic E-state index is 12.6. The van der Waals surface area contributed by atoms with Crippen molar-refractivity contribution in [3.8, 4) is 22.8 Å². The summed E-state index contributed by atoms with van der Waals surface area (Å²) in [5.74, 6) is 0.856. The second kappa shape index (κ2) is 7.44. The maximum Gasteiger partial charge on any atom is 0.255 e. The van der Waals surface area contributed by atoms with Crippen LogP contribution in [0.15, 0.2) is 73.1 Å². The van der Waals surface area contributed by atoms with E-state index in [0.29, 0.717) is 22.7 Å². The van der Waals surface area contributed by atoms with Crippen molar-refractivity contribution in [1.29, 1.82) is 0 Å². The molecule has 1 amide bonds. The molecule has 0 aliphatic carbocycles. The van der Waals surface area contributed by atoms with Crippen molar-refractivity contribution in [2.45, 2.75) is 0 Å². The van der Waals surface area contributed by atoms with Gasteiger partial charge in [0.05, 0.1) is 19.9 Å². The van der Waals surface area contributed by atoms with Crippen molar-refractivity contribution >= 4 is 17.2 Å². The topological polar surface area (TPSA) is 64.9 Å². The number of carbonyl (C=O) groups is 1. The largest absolute Gasteiger partial charge is 0.493 e. The SMILES string of the molecule is COc1ccc(C(=O)Nc2cccc(-c3cn4ccccc4n3)c2)cc1OC. The van der Waals surface area contributed by atoms with Crippen LogP contribution in [0.4, 0.5) is 5.69 Å². The molecule has 6 nitrogen and oxygen atoms in total. The van der Waals surface area contributed by atoms with Gasteiger partial charge in [0, 0.05) is 29.2 Å². The second-order valence-electron chi connectivity index (χ2n) is 6.20. The molecule has 2 heterocycles. The number of benzene rings is 2. The Morgan fingerprint density at radius 1 is 0.964 bits per heavy atom. The Morgan fingerprint density at radius 3 is 2.61 bits per heavy atom. The zero-order valence-electron chi connectivity index (χ0n) is 15.5. The zero-order chi connectivity index (χ0) is 19.5. The molecular weight excluding hydrogens is 354 g/mol. The summed E-state index contributed by atoms with van der Waals surface area (Å²) in [6.45, 7) is 0. The van der Waals surface area contributed by atoms with E-state index in [0.717, 1.165) is 16.9 Å². The monoisotopic (exact) mass is 373 g/mol. The third-order valence-electron chi connectivity index (χ3n) is 4.43. The van der Waals surface area contributed by atoms with Gasteiger partial charge in [-0.2, -0.15) is 0 Å². The molecule has 0 unspecified atom stereocenters. The molecule has 0 spiro atoms. The molecule has 0 radical (unpaired) electrons. The minimum atomic E-state index is -0.229. The first-order valence-electron chi connectivity index (χ1n) is 8.75. The van der Waals surface area contributed by atoms with Gasteiger partial charge in [-0.3, -0.25) is 4.79 Å². The first-order valence-corrected chi connectivity index (χ1v) is 8.75. The molecule has 0 bridgehead atoms. The fourth-order valence-corrected chi connectivity index (χ4v) is 3.01. The lowest BCUT2D eigenvalue weighted by atomic mass is 10.1. The molecule has 28 heavy (non-hydrogen) atoms. The van der Waals surface area contributed by atoms with Gasteiger partial charge in [-0.1, -0.05) is 18.2 Å². The lowest BCUT2D eigenvalue weighted by Crippen LogP contribution is -2.12. The molecule has 2 aromatic carbocycles. The predicted molar refractivity (Wildman–Crippen MR) is 108 cm³/mol. The number of amides is 1. The van der Waals surface area contributed by atoms with Crippen LogP contribution in [0.5, 0.6) is 11.5 Å². The number of carbonyl (C=O) groups excluding carboxylic acids is 1. The average molecular weight is 373 g/mol. The molecule has 6 heteroatoms. The minimum Gasteiger partial charge on any atom is -0.493 e. The number of rotatable bonds is 5. The van der Waals surface area contributed by atoms with Crippen LogP contribution in [0, 0.1) is 0 Å². The van der Waals surface area contributed by atoms with Crippen molar-refractivity contribution in [3.63, 3.8) is 0 Å². The number of fused-ring (bicyclic) bond motifs is 1. The Balaban J connectivity index is 1.59. The van der Waals surface area contributed by atoms with Crippen LogP contribution in [0.1, 0.15) is 10.4 Å². The van der Waals surface area contributed by atoms with Crippen LogP contribution < -0.4 is 14.8 Å². The quantitative estimate of drug-likeness (QED) is 0.567. The van der Waals surface area contributed by atoms with Crippen molar-refractivity contribution in [2.24, 2.45) is 0 Å². The Labute approximate surface area is 162 Å². The van der Waals surface area contributed by atoms with Gasteiger partial charge < -0.3 is 19.2 Å². The molecule has 0 saturated carbocycles. The summed E-state index contributed by atoms with van der Waals surface area (Å²) in [6.07, 6.45) is 3.92. The van der Waals surface area contributed by atoms with Crippen molar-refractivity contribution in [3.05, 3.63) is 78.6 Å². The van der Waals surface area contributed by atoms with Gasteiger partial charge in [-0.25, -0.2) is 4.98 Å². The number of anilines is 1. The predicted octanol–water partition coefficient (Wildman–Crippen LogP) is 4.27. The van der Waals surface area contributed by atoms with Gasteiger partial charge in [-0.05, 0) is 42.5 Å². The summed E-state index contributed by atoms with van der Waals surface area (Å²) in [4.78, 5) is 17.3. The number of imidazole rings is 1. The van der Waals surface area contributed by atoms with Gasteiger partial charge in [0.1, 0.15) is 5.65 Å². The molecule has 0 fully saturated rings. The van der Waals surface area contributed by atoms with Crippen LogP contribution in [-0.4, -0.2) is 29.5 Å². The van der Waals surface area contributed by atoms with Gasteiger partial charge in [0.15, 0.2) is 11.5 Å². The van der Waals surface area contributed by atoms with E-state index < -0.39 is 0 Å². The summed E-state index contributed by atoms with van der Waals surface area (Å²) >= 11 is 0. The summed E-state index contributed by atoms with van der Waals surface area (Å²) in [5.41, 5.74) is 3.81. The number of nitrogens with one attached hydrogen (secondary N) is 1. The van der Waals surface area contributed by atoms with E-state index in [2.05, 4.69) is 10.3 Å². The van der Waals surface area contributed by atoms with Gasteiger partial charge in [-0.15, -0.1) is 0 Å². The number of methoxy groups -OCH3 is 2. The summed E-state index contributed by atoms with van der Waals surface area (Å²) in [6, 6.07) is 18.5. The van der Waals surface area contributed by atoms with E-state index in [4.69, 9.17) is 9.47 Å². The van der Waals surface area contributed by atoms with Crippen LogP contribution in [-0.2, 0) is 0 Å². The van der Waals surface area contributed by atoms with E-state index in [1.54, 1.807) is 25.3 Å². The highest BCUT2D eigenvalue weighted by molar-refractivity contribution is 6.04. The standard InChI is InChI=1S/C22H19N3O3/c1-27-19-10-9-16(13-20(19)28-2)22(26)23-17-7-5-6-15(12-17)18-14-25-11-4-3-8-21(25)24-18/h3-14H,1-2H3,(H,23,26).